The SMILES string of the molecule is CCN(C(C)=O)c1nc(/C=C(\C#N)C(=O)c2ccccc2)cs1. The largest absolute Gasteiger partial charge is 0.289 e. The van der Waals surface area contributed by atoms with Crippen LogP contribution >= 0.6 is 11.3 Å². The number of Topliss-reactive ketones (excluding diaryl/α,β-unsaturated/α-hetero) is 1. The van der Waals surface area contributed by atoms with Gasteiger partial charge in [0.2, 0.25) is 11.7 Å². The summed E-state index contributed by atoms with van der Waals surface area (Å²) in [5.74, 6) is -0.445. The average Bonchev–Trinajstić information content (AvgIpc) is 3.01. The number of ketones is 1. The minimum atomic E-state index is -0.346. The summed E-state index contributed by atoms with van der Waals surface area (Å²) < 4.78 is 0. The highest BCUT2D eigenvalue weighted by atomic mass is 32.1. The zero-order valence-electron chi connectivity index (χ0n) is 12.8. The van der Waals surface area contributed by atoms with Crippen LogP contribution in [0.1, 0.15) is 29.9 Å². The summed E-state index contributed by atoms with van der Waals surface area (Å²) in [6, 6.07) is 10.5. The number of anilines is 1. The molecule has 0 unspecified atom stereocenters. The van der Waals surface area contributed by atoms with Crippen molar-refractivity contribution in [2.24, 2.45) is 0 Å². The number of aromatic nitrogens is 1. The van der Waals surface area contributed by atoms with E-state index in [-0.39, 0.29) is 17.3 Å². The van der Waals surface area contributed by atoms with Crippen LogP contribution in [-0.2, 0) is 4.79 Å². The second kappa shape index (κ2) is 7.47. The Morgan fingerprint density at radius 2 is 2.04 bits per heavy atom. The van der Waals surface area contributed by atoms with E-state index in [1.807, 2.05) is 13.0 Å². The van der Waals surface area contributed by atoms with Crippen LogP contribution < -0.4 is 4.90 Å². The first-order valence-corrected chi connectivity index (χ1v) is 7.90. The molecule has 0 saturated heterocycles. The van der Waals surface area contributed by atoms with Crippen molar-refractivity contribution in [2.45, 2.75) is 13.8 Å². The lowest BCUT2D eigenvalue weighted by Gasteiger charge is -2.14. The molecule has 0 aliphatic carbocycles. The second-order valence-electron chi connectivity index (χ2n) is 4.68. The van der Waals surface area contributed by atoms with Crippen molar-refractivity contribution < 1.29 is 9.59 Å². The summed E-state index contributed by atoms with van der Waals surface area (Å²) in [4.78, 5) is 29.7. The van der Waals surface area contributed by atoms with E-state index in [4.69, 9.17) is 0 Å². The zero-order chi connectivity index (χ0) is 16.8. The van der Waals surface area contributed by atoms with Crippen molar-refractivity contribution in [3.63, 3.8) is 0 Å². The molecule has 1 amide bonds. The monoisotopic (exact) mass is 325 g/mol. The average molecular weight is 325 g/mol. The van der Waals surface area contributed by atoms with E-state index < -0.39 is 0 Å². The molecule has 0 radical (unpaired) electrons. The molecule has 0 bridgehead atoms. The lowest BCUT2D eigenvalue weighted by atomic mass is 10.0. The number of thiazole rings is 1. The van der Waals surface area contributed by atoms with Gasteiger partial charge in [0.15, 0.2) is 5.13 Å². The van der Waals surface area contributed by atoms with Gasteiger partial charge in [-0.1, -0.05) is 30.3 Å². The van der Waals surface area contributed by atoms with Crippen molar-refractivity contribution in [3.05, 3.63) is 52.5 Å². The summed E-state index contributed by atoms with van der Waals surface area (Å²) in [5, 5.41) is 11.5. The maximum Gasteiger partial charge on any atom is 0.225 e. The van der Waals surface area contributed by atoms with Gasteiger partial charge in [0, 0.05) is 24.4 Å². The van der Waals surface area contributed by atoms with Gasteiger partial charge in [0.25, 0.3) is 0 Å². The van der Waals surface area contributed by atoms with E-state index in [1.165, 1.54) is 29.2 Å². The van der Waals surface area contributed by atoms with Gasteiger partial charge in [-0.05, 0) is 13.0 Å². The molecule has 2 aromatic rings. The number of hydrogen-bond acceptors (Lipinski definition) is 5. The fourth-order valence-corrected chi connectivity index (χ4v) is 2.89. The van der Waals surface area contributed by atoms with Crippen molar-refractivity contribution in [2.75, 3.05) is 11.4 Å². The second-order valence-corrected chi connectivity index (χ2v) is 5.52. The number of rotatable bonds is 5. The molecular weight excluding hydrogens is 310 g/mol. The highest BCUT2D eigenvalue weighted by molar-refractivity contribution is 7.14. The van der Waals surface area contributed by atoms with E-state index in [0.29, 0.717) is 22.9 Å². The van der Waals surface area contributed by atoms with E-state index in [0.717, 1.165) is 0 Å². The number of benzene rings is 1. The molecule has 0 spiro atoms. The van der Waals surface area contributed by atoms with Crippen molar-refractivity contribution >= 4 is 34.2 Å². The molecule has 116 valence electrons. The van der Waals surface area contributed by atoms with Crippen molar-refractivity contribution in [3.8, 4) is 6.07 Å². The topological polar surface area (TPSA) is 74.1 Å². The molecule has 6 heteroatoms. The standard InChI is InChI=1S/C17H15N3O2S/c1-3-20(12(2)21)17-19-15(11-23-17)9-14(10-18)16(22)13-7-5-4-6-8-13/h4-9,11H,3H2,1-2H3/b14-9+. The summed E-state index contributed by atoms with van der Waals surface area (Å²) in [6.07, 6.45) is 1.45. The Morgan fingerprint density at radius 1 is 1.35 bits per heavy atom. The third-order valence-electron chi connectivity index (χ3n) is 3.13. The Hall–Kier alpha value is -2.78. The molecule has 0 aliphatic heterocycles. The van der Waals surface area contributed by atoms with Crippen LogP contribution in [0.2, 0.25) is 0 Å². The van der Waals surface area contributed by atoms with E-state index >= 15 is 0 Å². The van der Waals surface area contributed by atoms with Crippen molar-refractivity contribution in [1.82, 2.24) is 4.98 Å². The summed E-state index contributed by atoms with van der Waals surface area (Å²) in [5.41, 5.74) is 0.958. The third kappa shape index (κ3) is 3.90. The first-order chi connectivity index (χ1) is 11.1. The molecule has 0 N–H and O–H groups in total. The quantitative estimate of drug-likeness (QED) is 0.480. The minimum absolute atomic E-state index is 0.0129. The lowest BCUT2D eigenvalue weighted by molar-refractivity contribution is -0.116. The summed E-state index contributed by atoms with van der Waals surface area (Å²) in [7, 11) is 0. The Kier molecular flexibility index (Phi) is 5.39. The van der Waals surface area contributed by atoms with E-state index in [2.05, 4.69) is 4.98 Å². The lowest BCUT2D eigenvalue weighted by Crippen LogP contribution is -2.27. The van der Waals surface area contributed by atoms with E-state index in [9.17, 15) is 14.9 Å². The molecule has 0 saturated carbocycles. The Balaban J connectivity index is 2.29. The fraction of sp³-hybridized carbons (Fsp3) is 0.176. The van der Waals surface area contributed by atoms with Gasteiger partial charge in [-0.25, -0.2) is 4.98 Å². The van der Waals surface area contributed by atoms with Crippen LogP contribution in [0.5, 0.6) is 0 Å². The third-order valence-corrected chi connectivity index (χ3v) is 4.01. The number of amides is 1. The Morgan fingerprint density at radius 3 is 2.61 bits per heavy atom. The highest BCUT2D eigenvalue weighted by Gasteiger charge is 2.15. The molecule has 1 aromatic heterocycles. The minimum Gasteiger partial charge on any atom is -0.289 e. The maximum atomic E-state index is 12.3. The first-order valence-electron chi connectivity index (χ1n) is 7.02. The highest BCUT2D eigenvalue weighted by Crippen LogP contribution is 2.22. The van der Waals surface area contributed by atoms with Crippen LogP contribution in [0.25, 0.3) is 6.08 Å². The van der Waals surface area contributed by atoms with Crippen LogP contribution in [0.15, 0.2) is 41.3 Å². The number of carbonyl (C=O) groups is 2. The van der Waals surface area contributed by atoms with Gasteiger partial charge in [-0.15, -0.1) is 11.3 Å². The fourth-order valence-electron chi connectivity index (χ4n) is 2.00. The Bertz CT molecular complexity index is 788. The maximum absolute atomic E-state index is 12.3. The number of nitrogens with zero attached hydrogens (tertiary/aromatic N) is 3. The van der Waals surface area contributed by atoms with Gasteiger partial charge in [-0.3, -0.25) is 14.5 Å². The molecule has 0 fully saturated rings. The molecular formula is C17H15N3O2S. The van der Waals surface area contributed by atoms with Gasteiger partial charge in [0.1, 0.15) is 11.6 Å². The van der Waals surface area contributed by atoms with Crippen LogP contribution in [-0.4, -0.2) is 23.2 Å². The molecule has 5 nitrogen and oxygen atoms in total. The number of nitriles is 1. The molecule has 23 heavy (non-hydrogen) atoms. The number of hydrogen-bond donors (Lipinski definition) is 0. The normalized spacial score (nSPS) is 10.9. The predicted molar refractivity (Wildman–Crippen MR) is 90.2 cm³/mol. The van der Waals surface area contributed by atoms with Gasteiger partial charge >= 0.3 is 0 Å². The van der Waals surface area contributed by atoms with Crippen molar-refractivity contribution in [1.29, 1.82) is 5.26 Å². The van der Waals surface area contributed by atoms with Gasteiger partial charge in [0.05, 0.1) is 5.69 Å². The van der Waals surface area contributed by atoms with Crippen LogP contribution in [0.3, 0.4) is 0 Å². The van der Waals surface area contributed by atoms with Gasteiger partial charge < -0.3 is 0 Å². The molecule has 0 aliphatic rings. The Labute approximate surface area is 138 Å². The van der Waals surface area contributed by atoms with Crippen LogP contribution in [0.4, 0.5) is 5.13 Å². The zero-order valence-corrected chi connectivity index (χ0v) is 13.6. The van der Waals surface area contributed by atoms with Gasteiger partial charge in [-0.2, -0.15) is 5.26 Å². The van der Waals surface area contributed by atoms with Crippen LogP contribution in [0, 0.1) is 11.3 Å². The first kappa shape index (κ1) is 16.6. The summed E-state index contributed by atoms with van der Waals surface area (Å²) >= 11 is 1.30. The molecule has 2 rings (SSSR count). The summed E-state index contributed by atoms with van der Waals surface area (Å²) in [6.45, 7) is 3.85. The number of carbonyl (C=O) groups excluding carboxylic acids is 2. The molecule has 1 aromatic carbocycles. The van der Waals surface area contributed by atoms with E-state index in [1.54, 1.807) is 35.7 Å². The predicted octanol–water partition coefficient (Wildman–Crippen LogP) is 3.31. The smallest absolute Gasteiger partial charge is 0.225 e. The molecule has 1 heterocycles. The number of allylic oxidation sites excluding steroid dienone is 1. The molecule has 0 atom stereocenters.